The molecule has 0 spiro atoms. The number of benzene rings is 8. The Kier molecular flexibility index (Phi) is 9.99. The Morgan fingerprint density at radius 3 is 1.94 bits per heavy atom. The van der Waals surface area contributed by atoms with E-state index in [0.717, 1.165) is 83.6 Å². The van der Waals surface area contributed by atoms with Gasteiger partial charge in [0.05, 0.1) is 0 Å². The molecule has 62 heavy (non-hydrogen) atoms. The number of hydrogen-bond donors (Lipinski definition) is 0. The number of nitrogens with zero attached hydrogens (tertiary/aromatic N) is 4. The van der Waals surface area contributed by atoms with Gasteiger partial charge in [0.25, 0.3) is 0 Å². The zero-order valence-electron chi connectivity index (χ0n) is 34.5. The number of hydrogen-bond acceptors (Lipinski definition) is 4. The van der Waals surface area contributed by atoms with Gasteiger partial charge in [0.15, 0.2) is 0 Å². The zero-order valence-corrected chi connectivity index (χ0v) is 36.0. The van der Waals surface area contributed by atoms with Gasteiger partial charge in [0, 0.05) is 77.2 Å². The van der Waals surface area contributed by atoms with Gasteiger partial charge < -0.3 is 19.1 Å². The summed E-state index contributed by atoms with van der Waals surface area (Å²) >= 11 is 0. The predicted octanol–water partition coefficient (Wildman–Crippen LogP) is 14.8. The maximum atomic E-state index is 6.83. The second kappa shape index (κ2) is 15.8. The number of ether oxygens (including phenoxy) is 1. The molecule has 0 fully saturated rings. The second-order valence-corrected chi connectivity index (χ2v) is 16.5. The van der Waals surface area contributed by atoms with Crippen LogP contribution < -0.4 is 14.5 Å². The Balaban J connectivity index is 0.00000458. The summed E-state index contributed by atoms with van der Waals surface area (Å²) in [5.74, 6) is 2.04. The Labute approximate surface area is 376 Å². The van der Waals surface area contributed by atoms with Gasteiger partial charge in [0.2, 0.25) is 0 Å². The molecule has 1 aliphatic rings. The number of anilines is 4. The van der Waals surface area contributed by atoms with Gasteiger partial charge in [-0.1, -0.05) is 160 Å². The number of para-hydroxylation sites is 2. The van der Waals surface area contributed by atoms with Crippen LogP contribution in [0.15, 0.2) is 188 Å². The maximum absolute atomic E-state index is 6.83. The fourth-order valence-electron chi connectivity index (χ4n) is 8.71. The van der Waals surface area contributed by atoms with Crippen LogP contribution in [-0.4, -0.2) is 9.55 Å². The first-order chi connectivity index (χ1) is 29.9. The van der Waals surface area contributed by atoms with Crippen LogP contribution in [0.3, 0.4) is 0 Å². The topological polar surface area (TPSA) is 33.5 Å². The van der Waals surface area contributed by atoms with Gasteiger partial charge in [-0.25, -0.2) is 4.98 Å². The summed E-state index contributed by atoms with van der Waals surface area (Å²) < 4.78 is 8.99. The third-order valence-corrected chi connectivity index (χ3v) is 11.7. The molecule has 0 atom stereocenters. The van der Waals surface area contributed by atoms with E-state index in [0.29, 0.717) is 11.5 Å². The molecule has 0 saturated heterocycles. The van der Waals surface area contributed by atoms with Crippen molar-refractivity contribution >= 4 is 55.3 Å². The first-order valence-corrected chi connectivity index (χ1v) is 20.7. The van der Waals surface area contributed by atoms with Crippen LogP contribution in [0.5, 0.6) is 11.5 Å². The summed E-state index contributed by atoms with van der Waals surface area (Å²) in [7, 11) is 0. The van der Waals surface area contributed by atoms with Crippen molar-refractivity contribution in [3.8, 4) is 39.6 Å². The van der Waals surface area contributed by atoms with Gasteiger partial charge in [-0.15, -0.1) is 53.6 Å². The van der Waals surface area contributed by atoms with Crippen molar-refractivity contribution in [1.82, 2.24) is 9.55 Å². The minimum Gasteiger partial charge on any atom is -0.509 e. The molecular weight excluding hydrogens is 851 g/mol. The fraction of sp³-hybridized carbons (Fsp3) is 0.0714. The SMILES string of the molecule is CC(C)(C)c1cc(Oc2[c-]c3c(cc2)c2ccccc2n3-c2ccccn2)[c-]c(N2[CH-]N(c3c(-c4ccccc4)cccc3-c3ccccc3)c3c2ccc2ccccc32)c1.[Pd]. The van der Waals surface area contributed by atoms with Crippen LogP contribution >= 0.6 is 0 Å². The molecule has 0 saturated carbocycles. The van der Waals surface area contributed by atoms with Crippen LogP contribution in [0.25, 0.3) is 60.6 Å². The molecular formula is C56H41N4OPd-3. The summed E-state index contributed by atoms with van der Waals surface area (Å²) in [6, 6.07) is 71.4. The van der Waals surface area contributed by atoms with Gasteiger partial charge >= 0.3 is 0 Å². The third-order valence-electron chi connectivity index (χ3n) is 11.7. The van der Waals surface area contributed by atoms with Gasteiger partial charge in [-0.2, -0.15) is 6.07 Å². The summed E-state index contributed by atoms with van der Waals surface area (Å²) in [5, 5.41) is 4.56. The summed E-state index contributed by atoms with van der Waals surface area (Å²) in [6.45, 7) is 8.95. The smallest absolute Gasteiger partial charge is 0.135 e. The van der Waals surface area contributed by atoms with E-state index in [4.69, 9.17) is 9.72 Å². The molecule has 0 unspecified atom stereocenters. The maximum Gasteiger partial charge on any atom is 0.135 e. The predicted molar refractivity (Wildman–Crippen MR) is 251 cm³/mol. The molecule has 1 aliphatic heterocycles. The average molecular weight is 892 g/mol. The number of pyridine rings is 1. The molecule has 10 aromatic rings. The monoisotopic (exact) mass is 891 g/mol. The molecule has 11 rings (SSSR count). The van der Waals surface area contributed by atoms with E-state index in [1.807, 2.05) is 30.5 Å². The average Bonchev–Trinajstić information content (AvgIpc) is 3.85. The number of aromatic nitrogens is 2. The molecule has 3 heterocycles. The van der Waals surface area contributed by atoms with Crippen molar-refractivity contribution in [1.29, 1.82) is 0 Å². The molecule has 5 nitrogen and oxygen atoms in total. The molecule has 0 aliphatic carbocycles. The van der Waals surface area contributed by atoms with E-state index >= 15 is 0 Å². The summed E-state index contributed by atoms with van der Waals surface area (Å²) in [6.07, 6.45) is 1.82. The van der Waals surface area contributed by atoms with Crippen LogP contribution in [-0.2, 0) is 25.8 Å². The molecule has 0 bridgehead atoms. The largest absolute Gasteiger partial charge is 0.509 e. The minimum absolute atomic E-state index is 0. The Morgan fingerprint density at radius 1 is 0.548 bits per heavy atom. The van der Waals surface area contributed by atoms with Crippen LogP contribution in [0, 0.1) is 18.8 Å². The molecule has 2 aromatic heterocycles. The van der Waals surface area contributed by atoms with Gasteiger partial charge in [-0.05, 0) is 51.6 Å². The minimum atomic E-state index is -0.187. The first-order valence-electron chi connectivity index (χ1n) is 20.7. The third kappa shape index (κ3) is 6.83. The van der Waals surface area contributed by atoms with Crippen molar-refractivity contribution < 1.29 is 25.2 Å². The molecule has 8 aromatic carbocycles. The van der Waals surface area contributed by atoms with E-state index in [2.05, 4.69) is 212 Å². The number of fused-ring (bicyclic) bond motifs is 6. The molecule has 6 heteroatoms. The molecule has 0 radical (unpaired) electrons. The van der Waals surface area contributed by atoms with E-state index in [-0.39, 0.29) is 25.8 Å². The molecule has 304 valence electrons. The summed E-state index contributed by atoms with van der Waals surface area (Å²) in [5.41, 5.74) is 11.6. The van der Waals surface area contributed by atoms with Crippen molar-refractivity contribution in [2.45, 2.75) is 26.2 Å². The van der Waals surface area contributed by atoms with Crippen molar-refractivity contribution in [2.75, 3.05) is 9.80 Å². The molecule has 0 N–H and O–H groups in total. The fourth-order valence-corrected chi connectivity index (χ4v) is 8.71. The second-order valence-electron chi connectivity index (χ2n) is 16.5. The Bertz CT molecular complexity index is 3190. The number of rotatable bonds is 7. The van der Waals surface area contributed by atoms with Crippen LogP contribution in [0.1, 0.15) is 26.3 Å². The standard InChI is InChI=1S/C56H41N4O.Pd/c1-56(2,3)41-33-42(35-44(34-41)61-43-29-30-49-48-23-12-13-26-50(48)60(52(49)36-43)53-27-14-15-32-57-53)58-37-59(55-47-22-11-10-21-40(47)28-31-51(55)58)54-45(38-17-6-4-7-18-38)24-16-25-46(54)39-19-8-5-9-20-39;/h4-34,37H,1-3H3;/q-3;. The van der Waals surface area contributed by atoms with Crippen LogP contribution in [0.2, 0.25) is 0 Å². The van der Waals surface area contributed by atoms with Crippen molar-refractivity contribution in [2.24, 2.45) is 0 Å². The zero-order chi connectivity index (χ0) is 41.1. The van der Waals surface area contributed by atoms with E-state index in [1.54, 1.807) is 0 Å². The van der Waals surface area contributed by atoms with Crippen LogP contribution in [0.4, 0.5) is 22.7 Å². The normalized spacial score (nSPS) is 12.5. The van der Waals surface area contributed by atoms with Gasteiger partial charge in [-0.3, -0.25) is 0 Å². The van der Waals surface area contributed by atoms with E-state index < -0.39 is 0 Å². The van der Waals surface area contributed by atoms with Crippen molar-refractivity contribution in [3.05, 3.63) is 213 Å². The quantitative estimate of drug-likeness (QED) is 0.118. The van der Waals surface area contributed by atoms with Crippen molar-refractivity contribution in [3.63, 3.8) is 0 Å². The molecule has 0 amide bonds. The summed E-state index contributed by atoms with van der Waals surface area (Å²) in [4.78, 5) is 9.38. The Hall–Kier alpha value is -6.97. The van der Waals surface area contributed by atoms with E-state index in [9.17, 15) is 0 Å². The Morgan fingerprint density at radius 2 is 1.23 bits per heavy atom. The van der Waals surface area contributed by atoms with E-state index in [1.165, 1.54) is 5.39 Å². The van der Waals surface area contributed by atoms with Gasteiger partial charge in [0.1, 0.15) is 5.82 Å². The first kappa shape index (κ1) is 39.2.